The molecule has 1 saturated heterocycles. The lowest BCUT2D eigenvalue weighted by Gasteiger charge is -2.37. The summed E-state index contributed by atoms with van der Waals surface area (Å²) in [5.41, 5.74) is 5.76. The van der Waals surface area contributed by atoms with Gasteiger partial charge in [-0.05, 0) is 26.8 Å². The van der Waals surface area contributed by atoms with Gasteiger partial charge in [-0.2, -0.15) is 11.8 Å². The third-order valence-corrected chi connectivity index (χ3v) is 4.22. The molecule has 0 saturated carbocycles. The molecule has 3 unspecified atom stereocenters. The Labute approximate surface area is 86.2 Å². The minimum absolute atomic E-state index is 0.345. The Morgan fingerprint density at radius 1 is 1.54 bits per heavy atom. The Kier molecular flexibility index (Phi) is 4.56. The van der Waals surface area contributed by atoms with Crippen LogP contribution in [0.2, 0.25) is 0 Å². The molecule has 1 aliphatic heterocycles. The molecule has 1 aliphatic rings. The standard InChI is InChI=1S/C10H22N2S/c1-8(11)4-5-12-6-7-13-10(3)9(12)2/h8-10H,4-7,11H2,1-3H3. The van der Waals surface area contributed by atoms with Crippen LogP contribution in [0.3, 0.4) is 0 Å². The van der Waals surface area contributed by atoms with E-state index < -0.39 is 0 Å². The Bertz CT molecular complexity index is 150. The van der Waals surface area contributed by atoms with E-state index >= 15 is 0 Å². The molecular formula is C10H22N2S. The highest BCUT2D eigenvalue weighted by molar-refractivity contribution is 8.00. The molecule has 0 radical (unpaired) electrons. The van der Waals surface area contributed by atoms with Crippen molar-refractivity contribution in [2.45, 2.75) is 44.5 Å². The molecule has 1 heterocycles. The third kappa shape index (κ3) is 3.49. The van der Waals surface area contributed by atoms with Gasteiger partial charge in [-0.1, -0.05) is 6.92 Å². The molecule has 78 valence electrons. The maximum Gasteiger partial charge on any atom is 0.0184 e. The highest BCUT2D eigenvalue weighted by Crippen LogP contribution is 2.24. The molecule has 3 atom stereocenters. The van der Waals surface area contributed by atoms with Crippen LogP contribution >= 0.6 is 11.8 Å². The normalized spacial score (nSPS) is 33.2. The molecule has 13 heavy (non-hydrogen) atoms. The van der Waals surface area contributed by atoms with Crippen LogP contribution < -0.4 is 5.73 Å². The highest BCUT2D eigenvalue weighted by atomic mass is 32.2. The van der Waals surface area contributed by atoms with E-state index in [-0.39, 0.29) is 0 Å². The fourth-order valence-corrected chi connectivity index (χ4v) is 2.84. The van der Waals surface area contributed by atoms with E-state index in [0.29, 0.717) is 6.04 Å². The van der Waals surface area contributed by atoms with Crippen molar-refractivity contribution in [1.29, 1.82) is 0 Å². The molecule has 2 nitrogen and oxygen atoms in total. The second-order valence-electron chi connectivity index (χ2n) is 4.12. The van der Waals surface area contributed by atoms with Crippen LogP contribution in [0, 0.1) is 0 Å². The second kappa shape index (κ2) is 5.23. The zero-order chi connectivity index (χ0) is 9.84. The van der Waals surface area contributed by atoms with E-state index in [0.717, 1.165) is 17.7 Å². The van der Waals surface area contributed by atoms with Gasteiger partial charge in [0, 0.05) is 29.6 Å². The van der Waals surface area contributed by atoms with Crippen molar-refractivity contribution >= 4 is 11.8 Å². The summed E-state index contributed by atoms with van der Waals surface area (Å²) in [5.74, 6) is 1.28. The van der Waals surface area contributed by atoms with E-state index in [1.165, 1.54) is 18.8 Å². The molecule has 0 spiro atoms. The number of rotatable bonds is 3. The first kappa shape index (κ1) is 11.3. The number of hydrogen-bond donors (Lipinski definition) is 1. The van der Waals surface area contributed by atoms with Gasteiger partial charge in [0.25, 0.3) is 0 Å². The quantitative estimate of drug-likeness (QED) is 0.753. The first-order valence-corrected chi connectivity index (χ1v) is 6.27. The van der Waals surface area contributed by atoms with Gasteiger partial charge >= 0.3 is 0 Å². The Morgan fingerprint density at radius 2 is 2.23 bits per heavy atom. The summed E-state index contributed by atoms with van der Waals surface area (Å²) in [6.45, 7) is 9.16. The van der Waals surface area contributed by atoms with Crippen LogP contribution in [0.4, 0.5) is 0 Å². The minimum Gasteiger partial charge on any atom is -0.328 e. The molecule has 0 aliphatic carbocycles. The van der Waals surface area contributed by atoms with Crippen molar-refractivity contribution in [3.63, 3.8) is 0 Å². The van der Waals surface area contributed by atoms with Crippen molar-refractivity contribution in [1.82, 2.24) is 4.90 Å². The minimum atomic E-state index is 0.345. The summed E-state index contributed by atoms with van der Waals surface area (Å²) < 4.78 is 0. The highest BCUT2D eigenvalue weighted by Gasteiger charge is 2.24. The van der Waals surface area contributed by atoms with Crippen LogP contribution in [-0.2, 0) is 0 Å². The predicted molar refractivity (Wildman–Crippen MR) is 61.2 cm³/mol. The first-order valence-electron chi connectivity index (χ1n) is 5.22. The maximum atomic E-state index is 5.76. The number of hydrogen-bond acceptors (Lipinski definition) is 3. The summed E-state index contributed by atoms with van der Waals surface area (Å²) in [6.07, 6.45) is 1.13. The number of thioether (sulfide) groups is 1. The SMILES string of the molecule is CC(N)CCN1CCSC(C)C1C. The van der Waals surface area contributed by atoms with Gasteiger partial charge in [-0.3, -0.25) is 4.90 Å². The van der Waals surface area contributed by atoms with E-state index in [4.69, 9.17) is 5.73 Å². The van der Waals surface area contributed by atoms with Crippen LogP contribution in [-0.4, -0.2) is 41.1 Å². The topological polar surface area (TPSA) is 29.3 Å². The molecular weight excluding hydrogens is 180 g/mol. The largest absolute Gasteiger partial charge is 0.328 e. The van der Waals surface area contributed by atoms with Gasteiger partial charge in [-0.25, -0.2) is 0 Å². The monoisotopic (exact) mass is 202 g/mol. The lowest BCUT2D eigenvalue weighted by Crippen LogP contribution is -2.45. The van der Waals surface area contributed by atoms with Gasteiger partial charge in [-0.15, -0.1) is 0 Å². The van der Waals surface area contributed by atoms with Crippen LogP contribution in [0.1, 0.15) is 27.2 Å². The Hall–Kier alpha value is 0.270. The lowest BCUT2D eigenvalue weighted by atomic mass is 10.1. The summed E-state index contributed by atoms with van der Waals surface area (Å²) in [6, 6.07) is 1.06. The smallest absolute Gasteiger partial charge is 0.0184 e. The van der Waals surface area contributed by atoms with E-state index in [1.54, 1.807) is 0 Å². The Morgan fingerprint density at radius 3 is 2.85 bits per heavy atom. The molecule has 0 aromatic rings. The molecule has 0 aromatic heterocycles. The molecule has 2 N–H and O–H groups in total. The summed E-state index contributed by atoms with van der Waals surface area (Å²) >= 11 is 2.09. The van der Waals surface area contributed by atoms with Crippen LogP contribution in [0.25, 0.3) is 0 Å². The molecule has 0 aromatic carbocycles. The summed E-state index contributed by atoms with van der Waals surface area (Å²) in [4.78, 5) is 2.57. The fraction of sp³-hybridized carbons (Fsp3) is 1.00. The van der Waals surface area contributed by atoms with Gasteiger partial charge in [0.05, 0.1) is 0 Å². The van der Waals surface area contributed by atoms with Crippen molar-refractivity contribution in [2.24, 2.45) is 5.73 Å². The zero-order valence-electron chi connectivity index (χ0n) is 8.99. The molecule has 1 fully saturated rings. The lowest BCUT2D eigenvalue weighted by molar-refractivity contribution is 0.207. The zero-order valence-corrected chi connectivity index (χ0v) is 9.81. The second-order valence-corrected chi connectivity index (χ2v) is 5.60. The average Bonchev–Trinajstić information content (AvgIpc) is 2.07. The third-order valence-electron chi connectivity index (χ3n) is 2.89. The number of nitrogens with two attached hydrogens (primary N) is 1. The van der Waals surface area contributed by atoms with Gasteiger partial charge in [0.15, 0.2) is 0 Å². The van der Waals surface area contributed by atoms with Crippen LogP contribution in [0.15, 0.2) is 0 Å². The van der Waals surface area contributed by atoms with E-state index in [9.17, 15) is 0 Å². The summed E-state index contributed by atoms with van der Waals surface area (Å²) in [7, 11) is 0. The Balaban J connectivity index is 2.31. The first-order chi connectivity index (χ1) is 6.11. The predicted octanol–water partition coefficient (Wildman–Crippen LogP) is 1.55. The molecule has 0 bridgehead atoms. The average molecular weight is 202 g/mol. The van der Waals surface area contributed by atoms with Gasteiger partial charge in [0.2, 0.25) is 0 Å². The van der Waals surface area contributed by atoms with E-state index in [2.05, 4.69) is 37.4 Å². The molecule has 3 heteroatoms. The van der Waals surface area contributed by atoms with E-state index in [1.807, 2.05) is 0 Å². The van der Waals surface area contributed by atoms with Crippen molar-refractivity contribution in [2.75, 3.05) is 18.8 Å². The fourth-order valence-electron chi connectivity index (χ4n) is 1.68. The summed E-state index contributed by atoms with van der Waals surface area (Å²) in [5, 5.41) is 0.779. The van der Waals surface area contributed by atoms with Crippen molar-refractivity contribution in [3.8, 4) is 0 Å². The van der Waals surface area contributed by atoms with Crippen molar-refractivity contribution < 1.29 is 0 Å². The maximum absolute atomic E-state index is 5.76. The van der Waals surface area contributed by atoms with Gasteiger partial charge < -0.3 is 5.73 Å². The number of nitrogens with zero attached hydrogens (tertiary/aromatic N) is 1. The molecule has 0 amide bonds. The van der Waals surface area contributed by atoms with Gasteiger partial charge in [0.1, 0.15) is 0 Å². The molecule has 1 rings (SSSR count). The van der Waals surface area contributed by atoms with Crippen LogP contribution in [0.5, 0.6) is 0 Å². The van der Waals surface area contributed by atoms with Crippen molar-refractivity contribution in [3.05, 3.63) is 0 Å².